The van der Waals surface area contributed by atoms with Crippen LogP contribution >= 0.6 is 11.6 Å². The zero-order valence-electron chi connectivity index (χ0n) is 6.46. The maximum Gasteiger partial charge on any atom is 0.157 e. The summed E-state index contributed by atoms with van der Waals surface area (Å²) in [6.07, 6.45) is 4.39. The molecule has 0 aliphatic heterocycles. The SMILES string of the molecule is Cn1cc(OCCCCl)cn1. The van der Waals surface area contributed by atoms with Gasteiger partial charge in [0.05, 0.1) is 19.0 Å². The molecular formula is C7H11ClN2O. The Bertz CT molecular complexity index is 212. The van der Waals surface area contributed by atoms with E-state index in [2.05, 4.69) is 5.10 Å². The number of hydrogen-bond acceptors (Lipinski definition) is 2. The zero-order chi connectivity index (χ0) is 8.10. The highest BCUT2D eigenvalue weighted by Crippen LogP contribution is 2.06. The summed E-state index contributed by atoms with van der Waals surface area (Å²) < 4.78 is 7.00. The van der Waals surface area contributed by atoms with Crippen LogP contribution in [0.5, 0.6) is 5.75 Å². The van der Waals surface area contributed by atoms with E-state index in [-0.39, 0.29) is 0 Å². The first-order chi connectivity index (χ1) is 5.33. The average Bonchev–Trinajstić information content (AvgIpc) is 2.37. The molecule has 1 rings (SSSR count). The fourth-order valence-electron chi connectivity index (χ4n) is 0.718. The van der Waals surface area contributed by atoms with Crippen LogP contribution in [0.15, 0.2) is 12.4 Å². The van der Waals surface area contributed by atoms with Gasteiger partial charge in [0.1, 0.15) is 0 Å². The number of hydrogen-bond donors (Lipinski definition) is 0. The number of alkyl halides is 1. The van der Waals surface area contributed by atoms with E-state index >= 15 is 0 Å². The monoisotopic (exact) mass is 174 g/mol. The summed E-state index contributed by atoms with van der Waals surface area (Å²) in [7, 11) is 1.86. The quantitative estimate of drug-likeness (QED) is 0.510. The van der Waals surface area contributed by atoms with Crippen LogP contribution in [0.2, 0.25) is 0 Å². The average molecular weight is 175 g/mol. The Labute approximate surface area is 70.9 Å². The highest BCUT2D eigenvalue weighted by molar-refractivity contribution is 6.17. The van der Waals surface area contributed by atoms with Gasteiger partial charge in [-0.25, -0.2) is 0 Å². The summed E-state index contributed by atoms with van der Waals surface area (Å²) in [6.45, 7) is 0.662. The lowest BCUT2D eigenvalue weighted by molar-refractivity contribution is 0.318. The van der Waals surface area contributed by atoms with Crippen molar-refractivity contribution >= 4 is 11.6 Å². The fourth-order valence-corrected chi connectivity index (χ4v) is 0.827. The standard InChI is InChI=1S/C7H11ClN2O/c1-10-6-7(5-9-10)11-4-2-3-8/h5-6H,2-4H2,1H3. The van der Waals surface area contributed by atoms with Crippen molar-refractivity contribution in [2.45, 2.75) is 6.42 Å². The number of aromatic nitrogens is 2. The maximum absolute atomic E-state index is 5.47. The largest absolute Gasteiger partial charge is 0.490 e. The molecule has 0 aliphatic carbocycles. The summed E-state index contributed by atoms with van der Waals surface area (Å²) in [4.78, 5) is 0. The van der Waals surface area contributed by atoms with Crippen molar-refractivity contribution in [1.82, 2.24) is 9.78 Å². The third-order valence-corrected chi connectivity index (χ3v) is 1.50. The number of rotatable bonds is 4. The molecule has 0 saturated carbocycles. The molecule has 3 nitrogen and oxygen atoms in total. The van der Waals surface area contributed by atoms with Gasteiger partial charge in [-0.05, 0) is 6.42 Å². The van der Waals surface area contributed by atoms with Crippen LogP contribution < -0.4 is 4.74 Å². The third kappa shape index (κ3) is 2.80. The lowest BCUT2D eigenvalue weighted by Gasteiger charge is -1.98. The molecule has 0 unspecified atom stereocenters. The van der Waals surface area contributed by atoms with Gasteiger partial charge in [-0.1, -0.05) is 0 Å². The predicted molar refractivity (Wildman–Crippen MR) is 44.0 cm³/mol. The molecule has 1 heterocycles. The first-order valence-corrected chi connectivity index (χ1v) is 4.04. The number of nitrogens with zero attached hydrogens (tertiary/aromatic N) is 2. The van der Waals surface area contributed by atoms with Gasteiger partial charge in [0, 0.05) is 12.9 Å². The van der Waals surface area contributed by atoms with Crippen LogP contribution in [0.25, 0.3) is 0 Å². The van der Waals surface area contributed by atoms with Gasteiger partial charge in [0.15, 0.2) is 5.75 Å². The molecular weight excluding hydrogens is 164 g/mol. The summed E-state index contributed by atoms with van der Waals surface area (Å²) >= 11 is 5.47. The first-order valence-electron chi connectivity index (χ1n) is 3.50. The Balaban J connectivity index is 2.27. The Hall–Kier alpha value is -0.700. The minimum atomic E-state index is 0.639. The first kappa shape index (κ1) is 8.40. The van der Waals surface area contributed by atoms with Crippen LogP contribution in [0.1, 0.15) is 6.42 Å². The van der Waals surface area contributed by atoms with Gasteiger partial charge < -0.3 is 4.74 Å². The highest BCUT2D eigenvalue weighted by atomic mass is 35.5. The van der Waals surface area contributed by atoms with E-state index in [0.29, 0.717) is 12.5 Å². The van der Waals surface area contributed by atoms with Crippen LogP contribution in [-0.4, -0.2) is 22.3 Å². The Morgan fingerprint density at radius 2 is 2.55 bits per heavy atom. The van der Waals surface area contributed by atoms with E-state index < -0.39 is 0 Å². The molecule has 4 heteroatoms. The van der Waals surface area contributed by atoms with Crippen molar-refractivity contribution < 1.29 is 4.74 Å². The van der Waals surface area contributed by atoms with Gasteiger partial charge in [-0.15, -0.1) is 11.6 Å². The second-order valence-corrected chi connectivity index (χ2v) is 2.62. The van der Waals surface area contributed by atoms with Gasteiger partial charge in [0.25, 0.3) is 0 Å². The van der Waals surface area contributed by atoms with Gasteiger partial charge in [-0.3, -0.25) is 4.68 Å². The maximum atomic E-state index is 5.47. The smallest absolute Gasteiger partial charge is 0.157 e. The minimum Gasteiger partial charge on any atom is -0.490 e. The van der Waals surface area contributed by atoms with Crippen LogP contribution in [-0.2, 0) is 7.05 Å². The predicted octanol–water partition coefficient (Wildman–Crippen LogP) is 1.43. The molecule has 0 N–H and O–H groups in total. The zero-order valence-corrected chi connectivity index (χ0v) is 7.21. The molecule has 0 radical (unpaired) electrons. The van der Waals surface area contributed by atoms with E-state index in [1.54, 1.807) is 10.9 Å². The van der Waals surface area contributed by atoms with Crippen LogP contribution in [0.3, 0.4) is 0 Å². The molecule has 1 aromatic rings. The second-order valence-electron chi connectivity index (χ2n) is 2.24. The molecule has 0 aromatic carbocycles. The Kier molecular flexibility index (Phi) is 3.23. The topological polar surface area (TPSA) is 27.1 Å². The number of aryl methyl sites for hydroxylation is 1. The molecule has 0 spiro atoms. The summed E-state index contributed by atoms with van der Waals surface area (Å²) in [6, 6.07) is 0. The Morgan fingerprint density at radius 3 is 3.09 bits per heavy atom. The van der Waals surface area contributed by atoms with Gasteiger partial charge in [0.2, 0.25) is 0 Å². The fraction of sp³-hybridized carbons (Fsp3) is 0.571. The molecule has 0 fully saturated rings. The molecule has 11 heavy (non-hydrogen) atoms. The van der Waals surface area contributed by atoms with E-state index in [1.165, 1.54) is 0 Å². The summed E-state index contributed by atoms with van der Waals surface area (Å²) in [5.41, 5.74) is 0. The highest BCUT2D eigenvalue weighted by Gasteiger charge is 1.94. The van der Waals surface area contributed by atoms with E-state index in [1.807, 2.05) is 13.2 Å². The molecule has 0 atom stereocenters. The third-order valence-electron chi connectivity index (χ3n) is 1.23. The van der Waals surface area contributed by atoms with Gasteiger partial charge >= 0.3 is 0 Å². The normalized spacial score (nSPS) is 10.0. The van der Waals surface area contributed by atoms with E-state index in [0.717, 1.165) is 12.2 Å². The van der Waals surface area contributed by atoms with Crippen LogP contribution in [0, 0.1) is 0 Å². The van der Waals surface area contributed by atoms with Crippen LogP contribution in [0.4, 0.5) is 0 Å². The second kappa shape index (κ2) is 4.23. The molecule has 1 aromatic heterocycles. The molecule has 0 aliphatic rings. The van der Waals surface area contributed by atoms with Crippen molar-refractivity contribution in [3.05, 3.63) is 12.4 Å². The molecule has 0 bridgehead atoms. The summed E-state index contributed by atoms with van der Waals surface area (Å²) in [5.74, 6) is 1.44. The van der Waals surface area contributed by atoms with Crippen molar-refractivity contribution in [2.75, 3.05) is 12.5 Å². The van der Waals surface area contributed by atoms with E-state index in [4.69, 9.17) is 16.3 Å². The summed E-state index contributed by atoms with van der Waals surface area (Å²) in [5, 5.41) is 3.95. The molecule has 0 saturated heterocycles. The van der Waals surface area contributed by atoms with Crippen molar-refractivity contribution in [1.29, 1.82) is 0 Å². The van der Waals surface area contributed by atoms with Crippen molar-refractivity contribution in [3.8, 4) is 5.75 Å². The Morgan fingerprint density at radius 1 is 1.73 bits per heavy atom. The van der Waals surface area contributed by atoms with E-state index in [9.17, 15) is 0 Å². The van der Waals surface area contributed by atoms with Gasteiger partial charge in [-0.2, -0.15) is 5.10 Å². The molecule has 0 amide bonds. The number of ether oxygens (including phenoxy) is 1. The van der Waals surface area contributed by atoms with Crippen molar-refractivity contribution in [2.24, 2.45) is 7.05 Å². The number of halogens is 1. The minimum absolute atomic E-state index is 0.639. The van der Waals surface area contributed by atoms with Crippen molar-refractivity contribution in [3.63, 3.8) is 0 Å². The lowest BCUT2D eigenvalue weighted by atomic mass is 10.5. The molecule has 62 valence electrons. The lowest BCUT2D eigenvalue weighted by Crippen LogP contribution is -1.96.